The Balaban J connectivity index is 2.58. The van der Waals surface area contributed by atoms with Crippen LogP contribution >= 0.6 is 0 Å². The Kier molecular flexibility index (Phi) is 15.9. The average Bonchev–Trinajstić information content (AvgIpc) is 3.62. The standard InChI is InChI=1S/C34H41NO19/c1-14-23(10-25(47-14)30(52-20(7)40)32(54-22(9)42)28(50-18(5)38)13-46-16(3)36)33(43)35-12-27(49-17(4)37)31(53-21(8)41)29(51-19(6)39)26-11-24(34(44)45)15(2)48-26/h10-11,27-32H,12-13H2,1-9H3,(H,35,43)(H,44,45)/t27-,28-,29-,30-,31-,32-/m1/s1. The van der Waals surface area contributed by atoms with Gasteiger partial charge in [-0.15, -0.1) is 0 Å². The molecule has 2 heterocycles. The molecule has 0 aliphatic heterocycles. The Labute approximate surface area is 307 Å². The van der Waals surface area contributed by atoms with Crippen LogP contribution in [0.3, 0.4) is 0 Å². The highest BCUT2D eigenvalue weighted by molar-refractivity contribution is 5.95. The van der Waals surface area contributed by atoms with E-state index in [1.807, 2.05) is 0 Å². The van der Waals surface area contributed by atoms with Crippen LogP contribution in [0.15, 0.2) is 21.0 Å². The maximum absolute atomic E-state index is 13.6. The molecule has 296 valence electrons. The quantitative estimate of drug-likeness (QED) is 0.162. The van der Waals surface area contributed by atoms with E-state index in [9.17, 15) is 48.3 Å². The third-order valence-corrected chi connectivity index (χ3v) is 6.98. The van der Waals surface area contributed by atoms with Gasteiger partial charge in [-0.3, -0.25) is 38.4 Å². The van der Waals surface area contributed by atoms with Gasteiger partial charge in [0, 0.05) is 48.5 Å². The number of carboxylic acid groups (broad SMARTS) is 1. The van der Waals surface area contributed by atoms with Crippen LogP contribution < -0.4 is 5.32 Å². The topological polar surface area (TPSA) is 277 Å². The number of esters is 7. The maximum atomic E-state index is 13.6. The number of hydrogen-bond donors (Lipinski definition) is 2. The van der Waals surface area contributed by atoms with Crippen LogP contribution in [0.1, 0.15) is 104 Å². The highest BCUT2D eigenvalue weighted by Gasteiger charge is 2.43. The molecule has 0 aliphatic carbocycles. The summed E-state index contributed by atoms with van der Waals surface area (Å²) in [5, 5.41) is 12.0. The van der Waals surface area contributed by atoms with Crippen molar-refractivity contribution in [1.82, 2.24) is 5.32 Å². The molecule has 6 atom stereocenters. The van der Waals surface area contributed by atoms with Crippen molar-refractivity contribution < 1.29 is 90.2 Å². The van der Waals surface area contributed by atoms with Crippen molar-refractivity contribution in [3.63, 3.8) is 0 Å². The highest BCUT2D eigenvalue weighted by atomic mass is 16.6. The molecule has 0 saturated carbocycles. The van der Waals surface area contributed by atoms with E-state index in [2.05, 4.69) is 5.32 Å². The van der Waals surface area contributed by atoms with Crippen LogP contribution in [0.5, 0.6) is 0 Å². The number of ether oxygens (including phenoxy) is 7. The van der Waals surface area contributed by atoms with Crippen LogP contribution in [0.4, 0.5) is 0 Å². The van der Waals surface area contributed by atoms with E-state index in [1.165, 1.54) is 13.8 Å². The van der Waals surface area contributed by atoms with E-state index in [4.69, 9.17) is 42.0 Å². The molecule has 54 heavy (non-hydrogen) atoms. The summed E-state index contributed by atoms with van der Waals surface area (Å²) in [7, 11) is 0. The van der Waals surface area contributed by atoms with E-state index < -0.39 is 103 Å². The number of carbonyl (C=O) groups is 9. The minimum Gasteiger partial charge on any atom is -0.478 e. The summed E-state index contributed by atoms with van der Waals surface area (Å²) >= 11 is 0. The molecule has 20 nitrogen and oxygen atoms in total. The lowest BCUT2D eigenvalue weighted by Gasteiger charge is -2.31. The average molecular weight is 768 g/mol. The molecule has 1 amide bonds. The monoisotopic (exact) mass is 767 g/mol. The summed E-state index contributed by atoms with van der Waals surface area (Å²) in [6, 6.07) is 2.14. The predicted molar refractivity (Wildman–Crippen MR) is 174 cm³/mol. The van der Waals surface area contributed by atoms with Crippen molar-refractivity contribution in [3.8, 4) is 0 Å². The van der Waals surface area contributed by atoms with Gasteiger partial charge in [-0.05, 0) is 26.0 Å². The Morgan fingerprint density at radius 1 is 0.574 bits per heavy atom. The summed E-state index contributed by atoms with van der Waals surface area (Å²) in [6.07, 6.45) is -9.86. The first-order valence-electron chi connectivity index (χ1n) is 16.0. The van der Waals surface area contributed by atoms with Gasteiger partial charge in [0.15, 0.2) is 36.6 Å². The van der Waals surface area contributed by atoms with E-state index in [0.717, 1.165) is 60.6 Å². The summed E-state index contributed by atoms with van der Waals surface area (Å²) in [5.74, 6) is -9.33. The van der Waals surface area contributed by atoms with Crippen molar-refractivity contribution in [3.05, 3.63) is 46.3 Å². The van der Waals surface area contributed by atoms with Gasteiger partial charge in [0.1, 0.15) is 35.2 Å². The highest BCUT2D eigenvalue weighted by Crippen LogP contribution is 2.33. The van der Waals surface area contributed by atoms with Gasteiger partial charge in [-0.1, -0.05) is 0 Å². The normalized spacial score (nSPS) is 14.1. The third kappa shape index (κ3) is 13.1. The first kappa shape index (κ1) is 44.0. The molecule has 0 aromatic carbocycles. The Bertz CT molecular complexity index is 1750. The fraction of sp³-hybridized carbons (Fsp3) is 0.500. The molecule has 0 saturated heterocycles. The van der Waals surface area contributed by atoms with Crippen molar-refractivity contribution in [2.45, 2.75) is 98.9 Å². The molecular formula is C34H41NO19. The number of amides is 1. The zero-order chi connectivity index (χ0) is 41.0. The number of aromatic carboxylic acids is 1. The second kappa shape index (κ2) is 19.6. The summed E-state index contributed by atoms with van der Waals surface area (Å²) in [6.45, 7) is 8.52. The molecule has 0 radical (unpaired) electrons. The van der Waals surface area contributed by atoms with Gasteiger partial charge in [0.05, 0.1) is 12.1 Å². The molecule has 2 N–H and O–H groups in total. The zero-order valence-corrected chi connectivity index (χ0v) is 30.8. The first-order chi connectivity index (χ1) is 25.1. The number of furan rings is 2. The Hall–Kier alpha value is -6.21. The lowest BCUT2D eigenvalue weighted by Crippen LogP contribution is -2.47. The number of carbonyl (C=O) groups excluding carboxylic acids is 8. The molecule has 0 unspecified atom stereocenters. The minimum absolute atomic E-state index is 0.0872. The second-order valence-corrected chi connectivity index (χ2v) is 11.6. The molecule has 0 spiro atoms. The van der Waals surface area contributed by atoms with E-state index in [-0.39, 0.29) is 34.2 Å². The van der Waals surface area contributed by atoms with Gasteiger partial charge >= 0.3 is 47.8 Å². The van der Waals surface area contributed by atoms with Crippen LogP contribution in [0, 0.1) is 13.8 Å². The summed E-state index contributed by atoms with van der Waals surface area (Å²) < 4.78 is 48.3. The molecule has 2 aromatic heterocycles. The SMILES string of the molecule is CC(=O)OC[C@@H](OC(C)=O)[C@@H](OC(C)=O)[C@H](OC(C)=O)c1cc(C(=O)NC[C@@H](OC(C)=O)[C@@H](OC(C)=O)[C@H](OC(C)=O)c2cc(C(=O)O)c(C)o2)c(C)o1. The molecule has 0 aliphatic rings. The fourth-order valence-electron chi connectivity index (χ4n) is 5.04. The zero-order valence-electron chi connectivity index (χ0n) is 30.8. The van der Waals surface area contributed by atoms with E-state index in [1.54, 1.807) is 0 Å². The van der Waals surface area contributed by atoms with Gasteiger partial charge in [0.2, 0.25) is 0 Å². The van der Waals surface area contributed by atoms with Crippen LogP contribution in [0.2, 0.25) is 0 Å². The van der Waals surface area contributed by atoms with Crippen molar-refractivity contribution >= 4 is 53.7 Å². The van der Waals surface area contributed by atoms with Crippen LogP contribution in [-0.2, 0) is 66.7 Å². The van der Waals surface area contributed by atoms with Crippen LogP contribution in [0.25, 0.3) is 0 Å². The number of carboxylic acids is 1. The predicted octanol–water partition coefficient (Wildman–Crippen LogP) is 2.12. The second-order valence-electron chi connectivity index (χ2n) is 11.6. The molecular weight excluding hydrogens is 726 g/mol. The summed E-state index contributed by atoms with van der Waals surface area (Å²) in [4.78, 5) is 110. The number of aryl methyl sites for hydroxylation is 2. The molecule has 20 heteroatoms. The van der Waals surface area contributed by atoms with Gasteiger partial charge in [-0.2, -0.15) is 0 Å². The van der Waals surface area contributed by atoms with E-state index >= 15 is 0 Å². The number of nitrogens with one attached hydrogen (secondary N) is 1. The molecule has 2 aromatic rings. The maximum Gasteiger partial charge on any atom is 0.339 e. The number of rotatable bonds is 18. The molecule has 0 fully saturated rings. The van der Waals surface area contributed by atoms with Crippen molar-refractivity contribution in [2.24, 2.45) is 0 Å². The van der Waals surface area contributed by atoms with Crippen molar-refractivity contribution in [1.29, 1.82) is 0 Å². The Morgan fingerprint density at radius 3 is 1.35 bits per heavy atom. The lowest BCUT2D eigenvalue weighted by molar-refractivity contribution is -0.191. The molecule has 2 rings (SSSR count). The smallest absolute Gasteiger partial charge is 0.339 e. The van der Waals surface area contributed by atoms with Crippen molar-refractivity contribution in [2.75, 3.05) is 13.2 Å². The third-order valence-electron chi connectivity index (χ3n) is 6.98. The van der Waals surface area contributed by atoms with Gasteiger partial charge in [0.25, 0.3) is 5.91 Å². The van der Waals surface area contributed by atoms with E-state index in [0.29, 0.717) is 0 Å². The number of hydrogen-bond acceptors (Lipinski definition) is 18. The largest absolute Gasteiger partial charge is 0.478 e. The van der Waals surface area contributed by atoms with Gasteiger partial charge < -0.3 is 52.4 Å². The Morgan fingerprint density at radius 2 is 0.963 bits per heavy atom. The summed E-state index contributed by atoms with van der Waals surface area (Å²) in [5.41, 5.74) is -0.511. The minimum atomic E-state index is -1.71. The lowest BCUT2D eigenvalue weighted by atomic mass is 10.0. The molecule has 0 bridgehead atoms. The van der Waals surface area contributed by atoms with Crippen LogP contribution in [-0.4, -0.2) is 96.3 Å². The van der Waals surface area contributed by atoms with Gasteiger partial charge in [-0.25, -0.2) is 4.79 Å². The first-order valence-corrected chi connectivity index (χ1v) is 16.0. The fourth-order valence-corrected chi connectivity index (χ4v) is 5.04.